The van der Waals surface area contributed by atoms with Crippen LogP contribution >= 0.6 is 0 Å². The van der Waals surface area contributed by atoms with Crippen molar-refractivity contribution in [3.8, 4) is 17.3 Å². The molecular formula is C25H26N8O. The highest BCUT2D eigenvalue weighted by Gasteiger charge is 2.45. The molecule has 1 saturated heterocycles. The first-order chi connectivity index (χ1) is 16.5. The largest absolute Gasteiger partial charge is 0.366 e. The third-order valence-corrected chi connectivity index (χ3v) is 6.56. The predicted octanol–water partition coefficient (Wildman–Crippen LogP) is 3.48. The first kappa shape index (κ1) is 21.6. The highest BCUT2D eigenvalue weighted by molar-refractivity contribution is 5.94. The zero-order valence-corrected chi connectivity index (χ0v) is 19.2. The zero-order chi connectivity index (χ0) is 23.7. The number of hydrogen-bond donors (Lipinski definition) is 2. The van der Waals surface area contributed by atoms with Gasteiger partial charge in [0.1, 0.15) is 17.5 Å². The molecule has 1 aliphatic rings. The Kier molecular flexibility index (Phi) is 5.49. The van der Waals surface area contributed by atoms with Gasteiger partial charge in [-0.3, -0.25) is 9.48 Å². The Hall–Kier alpha value is -4.19. The van der Waals surface area contributed by atoms with E-state index in [-0.39, 0.29) is 11.9 Å². The molecule has 1 aliphatic heterocycles. The Labute approximate surface area is 197 Å². The van der Waals surface area contributed by atoms with Crippen LogP contribution in [-0.2, 0) is 5.54 Å². The molecule has 0 bridgehead atoms. The first-order valence-corrected chi connectivity index (χ1v) is 11.4. The van der Waals surface area contributed by atoms with E-state index in [0.717, 1.165) is 34.4 Å². The zero-order valence-electron chi connectivity index (χ0n) is 19.2. The molecule has 9 nitrogen and oxygen atoms in total. The third-order valence-electron chi connectivity index (χ3n) is 6.56. The number of anilines is 1. The van der Waals surface area contributed by atoms with Gasteiger partial charge in [0.15, 0.2) is 0 Å². The fourth-order valence-electron chi connectivity index (χ4n) is 4.37. The molecule has 4 heterocycles. The van der Waals surface area contributed by atoms with Crippen LogP contribution in [0.3, 0.4) is 0 Å². The van der Waals surface area contributed by atoms with Gasteiger partial charge >= 0.3 is 0 Å². The van der Waals surface area contributed by atoms with E-state index in [4.69, 9.17) is 0 Å². The lowest BCUT2D eigenvalue weighted by molar-refractivity contribution is 0.0939. The summed E-state index contributed by atoms with van der Waals surface area (Å²) in [4.78, 5) is 26.4. The number of benzene rings is 1. The van der Waals surface area contributed by atoms with Crippen LogP contribution in [0, 0.1) is 11.3 Å². The van der Waals surface area contributed by atoms with Crippen molar-refractivity contribution in [2.75, 3.05) is 18.0 Å². The minimum atomic E-state index is -0.413. The summed E-state index contributed by atoms with van der Waals surface area (Å²) in [5, 5.41) is 18.1. The molecule has 2 N–H and O–H groups in total. The van der Waals surface area contributed by atoms with Crippen LogP contribution in [0.4, 0.5) is 5.69 Å². The van der Waals surface area contributed by atoms with Gasteiger partial charge in [-0.25, -0.2) is 9.97 Å². The van der Waals surface area contributed by atoms with E-state index in [1.54, 1.807) is 6.20 Å². The maximum atomic E-state index is 12.4. The van der Waals surface area contributed by atoms with Crippen molar-refractivity contribution in [1.82, 2.24) is 30.0 Å². The van der Waals surface area contributed by atoms with Gasteiger partial charge < -0.3 is 15.2 Å². The second-order valence-corrected chi connectivity index (χ2v) is 8.88. The smallest absolute Gasteiger partial charge is 0.251 e. The minimum Gasteiger partial charge on any atom is -0.366 e. The monoisotopic (exact) mass is 454 g/mol. The molecule has 172 valence electrons. The summed E-state index contributed by atoms with van der Waals surface area (Å²) in [5.41, 5.74) is 3.73. The summed E-state index contributed by atoms with van der Waals surface area (Å²) < 4.78 is 1.90. The van der Waals surface area contributed by atoms with E-state index in [2.05, 4.69) is 36.3 Å². The standard InChI is InChI=1S/C25H26N8O/c1-3-17(2)31-24(34)18-4-6-20(7-5-18)32-14-25(15-32,9-10-26)33-13-19(12-30-33)22-21-8-11-27-23(21)29-16-28-22/h4-8,11-13,16-17H,3,9,14-15H2,1-2H3,(H,31,34)(H,27,28,29). The van der Waals surface area contributed by atoms with Crippen molar-refractivity contribution >= 4 is 22.6 Å². The molecule has 0 aliphatic carbocycles. The summed E-state index contributed by atoms with van der Waals surface area (Å²) in [5.74, 6) is -0.0614. The molecule has 5 rings (SSSR count). The van der Waals surface area contributed by atoms with Crippen LogP contribution < -0.4 is 10.2 Å². The van der Waals surface area contributed by atoms with Crippen molar-refractivity contribution in [2.45, 2.75) is 38.3 Å². The molecule has 1 atom stereocenters. The normalized spacial score (nSPS) is 15.5. The van der Waals surface area contributed by atoms with Gasteiger partial charge in [0, 0.05) is 53.7 Å². The van der Waals surface area contributed by atoms with Crippen LogP contribution in [0.15, 0.2) is 55.2 Å². The van der Waals surface area contributed by atoms with Gasteiger partial charge in [-0.2, -0.15) is 10.4 Å². The summed E-state index contributed by atoms with van der Waals surface area (Å²) in [6.45, 7) is 5.35. The van der Waals surface area contributed by atoms with Gasteiger partial charge in [-0.05, 0) is 43.7 Å². The molecule has 1 amide bonds. The number of H-pyrrole nitrogens is 1. The van der Waals surface area contributed by atoms with E-state index in [1.807, 2.05) is 61.3 Å². The highest BCUT2D eigenvalue weighted by atomic mass is 16.1. The van der Waals surface area contributed by atoms with Crippen molar-refractivity contribution in [2.24, 2.45) is 0 Å². The highest BCUT2D eigenvalue weighted by Crippen LogP contribution is 2.37. The average Bonchev–Trinajstić information content (AvgIpc) is 3.51. The summed E-state index contributed by atoms with van der Waals surface area (Å²) >= 11 is 0. The SMILES string of the molecule is CCC(C)NC(=O)c1ccc(N2CC(CC#N)(n3cc(-c4ncnc5[nH]ccc45)cn3)C2)cc1. The molecule has 3 aromatic heterocycles. The van der Waals surface area contributed by atoms with Gasteiger partial charge in [0.25, 0.3) is 5.91 Å². The van der Waals surface area contributed by atoms with Crippen LogP contribution in [-0.4, -0.2) is 49.8 Å². The molecule has 9 heteroatoms. The number of nitrogens with one attached hydrogen (secondary N) is 2. The summed E-state index contributed by atoms with van der Waals surface area (Å²) in [7, 11) is 0. The number of hydrogen-bond acceptors (Lipinski definition) is 6. The topological polar surface area (TPSA) is 116 Å². The Balaban J connectivity index is 1.33. The summed E-state index contributed by atoms with van der Waals surface area (Å²) in [6, 6.07) is 12.0. The maximum Gasteiger partial charge on any atom is 0.251 e. The number of aromatic amines is 1. The van der Waals surface area contributed by atoms with Gasteiger partial charge in [0.2, 0.25) is 0 Å². The van der Waals surface area contributed by atoms with Crippen LogP contribution in [0.1, 0.15) is 37.0 Å². The van der Waals surface area contributed by atoms with Crippen molar-refractivity contribution in [1.29, 1.82) is 5.26 Å². The fraction of sp³-hybridized carbons (Fsp3) is 0.320. The van der Waals surface area contributed by atoms with Gasteiger partial charge in [-0.1, -0.05) is 6.92 Å². The Morgan fingerprint density at radius 2 is 2.06 bits per heavy atom. The molecule has 34 heavy (non-hydrogen) atoms. The number of carbonyl (C=O) groups excluding carboxylic acids is 1. The van der Waals surface area contributed by atoms with Crippen LogP contribution in [0.2, 0.25) is 0 Å². The quantitative estimate of drug-likeness (QED) is 0.442. The van der Waals surface area contributed by atoms with Crippen LogP contribution in [0.25, 0.3) is 22.3 Å². The first-order valence-electron chi connectivity index (χ1n) is 11.4. The van der Waals surface area contributed by atoms with E-state index in [0.29, 0.717) is 25.1 Å². The van der Waals surface area contributed by atoms with E-state index >= 15 is 0 Å². The predicted molar refractivity (Wildman–Crippen MR) is 129 cm³/mol. The lowest BCUT2D eigenvalue weighted by atomic mass is 9.86. The number of aromatic nitrogens is 5. The molecule has 1 unspecified atom stereocenters. The van der Waals surface area contributed by atoms with Crippen molar-refractivity contribution in [3.63, 3.8) is 0 Å². The molecule has 0 saturated carbocycles. The van der Waals surface area contributed by atoms with E-state index in [1.165, 1.54) is 6.33 Å². The molecular weight excluding hydrogens is 428 g/mol. The number of fused-ring (bicyclic) bond motifs is 1. The second-order valence-electron chi connectivity index (χ2n) is 8.88. The Morgan fingerprint density at radius 3 is 2.79 bits per heavy atom. The van der Waals surface area contributed by atoms with Gasteiger partial charge in [0.05, 0.1) is 24.4 Å². The average molecular weight is 455 g/mol. The number of nitriles is 1. The molecule has 1 fully saturated rings. The fourth-order valence-corrected chi connectivity index (χ4v) is 4.37. The summed E-state index contributed by atoms with van der Waals surface area (Å²) in [6.07, 6.45) is 8.37. The lowest BCUT2D eigenvalue weighted by Gasteiger charge is -2.50. The van der Waals surface area contributed by atoms with Crippen molar-refractivity contribution in [3.05, 3.63) is 60.8 Å². The number of rotatable bonds is 7. The Bertz CT molecular complexity index is 1360. The Morgan fingerprint density at radius 1 is 1.26 bits per heavy atom. The number of carbonyl (C=O) groups is 1. The van der Waals surface area contributed by atoms with Gasteiger partial charge in [-0.15, -0.1) is 0 Å². The molecule has 0 radical (unpaired) electrons. The number of amides is 1. The van der Waals surface area contributed by atoms with Crippen molar-refractivity contribution < 1.29 is 4.79 Å². The minimum absolute atomic E-state index is 0.0614. The number of nitrogens with zero attached hydrogens (tertiary/aromatic N) is 6. The van der Waals surface area contributed by atoms with E-state index in [9.17, 15) is 10.1 Å². The van der Waals surface area contributed by atoms with Crippen LogP contribution in [0.5, 0.6) is 0 Å². The molecule has 0 spiro atoms. The van der Waals surface area contributed by atoms with E-state index < -0.39 is 5.54 Å². The lowest BCUT2D eigenvalue weighted by Crippen LogP contribution is -2.63. The molecule has 1 aromatic carbocycles. The second kappa shape index (κ2) is 8.63. The third kappa shape index (κ3) is 3.77. The maximum absolute atomic E-state index is 12.4. The molecule has 4 aromatic rings.